The molecule has 5 amide bonds. The van der Waals surface area contributed by atoms with Crippen molar-refractivity contribution < 1.29 is 33.4 Å². The van der Waals surface area contributed by atoms with E-state index < -0.39 is 48.2 Å². The van der Waals surface area contributed by atoms with Gasteiger partial charge in [-0.25, -0.2) is 0 Å². The Kier molecular flexibility index (Phi) is 13.8. The van der Waals surface area contributed by atoms with Crippen molar-refractivity contribution in [3.05, 3.63) is 95.1 Å². The maximum Gasteiger partial charge on any atom is 0.255 e. The molecular weight excluding hydrogens is 638 g/mol. The van der Waals surface area contributed by atoms with Gasteiger partial charge >= 0.3 is 0 Å². The first-order valence-electron chi connectivity index (χ1n) is 16.9. The Hall–Kier alpha value is -5.39. The van der Waals surface area contributed by atoms with Gasteiger partial charge in [0.2, 0.25) is 23.6 Å². The summed E-state index contributed by atoms with van der Waals surface area (Å²) in [6.45, 7) is 8.16. The molecule has 0 spiro atoms. The highest BCUT2D eigenvalue weighted by Gasteiger charge is 2.31. The first-order chi connectivity index (χ1) is 24.0. The fourth-order valence-corrected chi connectivity index (χ4v) is 5.51. The number of carbonyl (C=O) groups excluding carboxylic acids is 5. The lowest BCUT2D eigenvalue weighted by atomic mass is 10.0. The summed E-state index contributed by atoms with van der Waals surface area (Å²) in [7, 11) is 0. The molecule has 4 rings (SSSR count). The van der Waals surface area contributed by atoms with Crippen molar-refractivity contribution in [3.63, 3.8) is 0 Å². The Morgan fingerprint density at radius 1 is 0.920 bits per heavy atom. The highest BCUT2D eigenvalue weighted by atomic mass is 16.5. The van der Waals surface area contributed by atoms with Crippen LogP contribution in [0.1, 0.15) is 53.7 Å². The third kappa shape index (κ3) is 11.1. The molecule has 3 aromatic carbocycles. The molecule has 0 saturated heterocycles. The van der Waals surface area contributed by atoms with Gasteiger partial charge in [0.25, 0.3) is 5.91 Å². The second-order valence-corrected chi connectivity index (χ2v) is 12.7. The maximum atomic E-state index is 13.6. The van der Waals surface area contributed by atoms with Crippen molar-refractivity contribution in [2.45, 2.75) is 65.1 Å². The van der Waals surface area contributed by atoms with Crippen LogP contribution in [0.4, 0.5) is 0 Å². The summed E-state index contributed by atoms with van der Waals surface area (Å²) in [5.74, 6) is -2.17. The summed E-state index contributed by atoms with van der Waals surface area (Å²) in [5.41, 5.74) is 3.09. The monoisotopic (exact) mass is 685 g/mol. The van der Waals surface area contributed by atoms with Gasteiger partial charge in [0.15, 0.2) is 0 Å². The third-order valence-electron chi connectivity index (χ3n) is 8.19. The number of amides is 5. The van der Waals surface area contributed by atoms with Crippen LogP contribution in [-0.4, -0.2) is 74.0 Å². The average molecular weight is 686 g/mol. The first-order valence-corrected chi connectivity index (χ1v) is 16.9. The summed E-state index contributed by atoms with van der Waals surface area (Å²) in [6, 6.07) is 18.5. The van der Waals surface area contributed by atoms with Gasteiger partial charge in [-0.3, -0.25) is 24.0 Å². The van der Waals surface area contributed by atoms with E-state index in [-0.39, 0.29) is 55.9 Å². The zero-order valence-electron chi connectivity index (χ0n) is 29.0. The molecule has 1 aliphatic heterocycles. The second kappa shape index (κ2) is 18.4. The second-order valence-electron chi connectivity index (χ2n) is 12.7. The number of para-hydroxylation sites is 1. The van der Waals surface area contributed by atoms with Crippen LogP contribution in [0.5, 0.6) is 11.5 Å². The molecule has 1 heterocycles. The third-order valence-corrected chi connectivity index (χ3v) is 8.19. The van der Waals surface area contributed by atoms with E-state index in [2.05, 4.69) is 26.6 Å². The van der Waals surface area contributed by atoms with Crippen LogP contribution < -0.4 is 36.1 Å². The molecule has 266 valence electrons. The molecular formula is C38H47N5O7. The van der Waals surface area contributed by atoms with E-state index in [0.29, 0.717) is 12.2 Å². The fourth-order valence-electron chi connectivity index (χ4n) is 5.51. The lowest BCUT2D eigenvalue weighted by Crippen LogP contribution is -2.57. The molecule has 0 aromatic heterocycles. The molecule has 0 saturated carbocycles. The SMILES string of the molecule is Cc1ccc(OCCNC(=O)[C@@H]2CC(=O)N[C@H](C(C)C)C(=O)N[C@@H](Cc3ccccc3)C(=O)NCCCOc3ccccc3C(=O)N2)c(C)c1. The molecule has 0 bridgehead atoms. The minimum atomic E-state index is -1.29. The molecule has 0 fully saturated rings. The number of hydrogen-bond acceptors (Lipinski definition) is 7. The number of benzene rings is 3. The Labute approximate surface area is 293 Å². The van der Waals surface area contributed by atoms with E-state index >= 15 is 0 Å². The molecule has 50 heavy (non-hydrogen) atoms. The van der Waals surface area contributed by atoms with Gasteiger partial charge in [-0.1, -0.05) is 74.0 Å². The van der Waals surface area contributed by atoms with Crippen molar-refractivity contribution in [2.24, 2.45) is 5.92 Å². The summed E-state index contributed by atoms with van der Waals surface area (Å²) in [5, 5.41) is 13.8. The van der Waals surface area contributed by atoms with Crippen molar-refractivity contribution in [3.8, 4) is 11.5 Å². The summed E-state index contributed by atoms with van der Waals surface area (Å²) < 4.78 is 11.7. The quantitative estimate of drug-likeness (QED) is 0.228. The maximum absolute atomic E-state index is 13.6. The molecule has 0 radical (unpaired) electrons. The van der Waals surface area contributed by atoms with Crippen LogP contribution in [0.15, 0.2) is 72.8 Å². The molecule has 12 nitrogen and oxygen atoms in total. The molecule has 3 atom stereocenters. The molecule has 3 aromatic rings. The van der Waals surface area contributed by atoms with E-state index in [1.807, 2.05) is 62.4 Å². The van der Waals surface area contributed by atoms with Crippen molar-refractivity contribution in [2.75, 3.05) is 26.3 Å². The highest BCUT2D eigenvalue weighted by Crippen LogP contribution is 2.20. The minimum absolute atomic E-state index is 0.113. The first kappa shape index (κ1) is 37.4. The van der Waals surface area contributed by atoms with E-state index in [0.717, 1.165) is 16.7 Å². The minimum Gasteiger partial charge on any atom is -0.493 e. The van der Waals surface area contributed by atoms with Gasteiger partial charge in [-0.2, -0.15) is 0 Å². The van der Waals surface area contributed by atoms with Crippen LogP contribution >= 0.6 is 0 Å². The zero-order valence-corrected chi connectivity index (χ0v) is 29.0. The van der Waals surface area contributed by atoms with E-state index in [4.69, 9.17) is 9.47 Å². The average Bonchev–Trinajstić information content (AvgIpc) is 3.09. The van der Waals surface area contributed by atoms with Crippen LogP contribution in [0, 0.1) is 19.8 Å². The number of hydrogen-bond donors (Lipinski definition) is 5. The predicted octanol–water partition coefficient (Wildman–Crippen LogP) is 2.75. The number of aryl methyl sites for hydroxylation is 2. The van der Waals surface area contributed by atoms with Gasteiger partial charge in [0.1, 0.15) is 36.2 Å². The van der Waals surface area contributed by atoms with E-state index in [9.17, 15) is 24.0 Å². The number of rotatable bonds is 8. The number of fused-ring (bicyclic) bond motifs is 1. The highest BCUT2D eigenvalue weighted by molar-refractivity contribution is 6.01. The van der Waals surface area contributed by atoms with Crippen LogP contribution in [0.3, 0.4) is 0 Å². The Morgan fingerprint density at radius 2 is 1.66 bits per heavy atom. The smallest absolute Gasteiger partial charge is 0.255 e. The number of ether oxygens (including phenoxy) is 2. The normalized spacial score (nSPS) is 19.3. The van der Waals surface area contributed by atoms with Gasteiger partial charge in [-0.15, -0.1) is 0 Å². The fraction of sp³-hybridized carbons (Fsp3) is 0.395. The lowest BCUT2D eigenvalue weighted by molar-refractivity contribution is -0.133. The van der Waals surface area contributed by atoms with Gasteiger partial charge in [0.05, 0.1) is 25.1 Å². The summed E-state index contributed by atoms with van der Waals surface area (Å²) in [4.78, 5) is 67.3. The van der Waals surface area contributed by atoms with Crippen molar-refractivity contribution in [1.82, 2.24) is 26.6 Å². The molecule has 0 unspecified atom stereocenters. The zero-order chi connectivity index (χ0) is 36.0. The Balaban J connectivity index is 1.54. The van der Waals surface area contributed by atoms with Crippen molar-refractivity contribution in [1.29, 1.82) is 0 Å². The van der Waals surface area contributed by atoms with Crippen LogP contribution in [0.25, 0.3) is 0 Å². The number of carbonyl (C=O) groups is 5. The summed E-state index contributed by atoms with van der Waals surface area (Å²) >= 11 is 0. The van der Waals surface area contributed by atoms with Gasteiger partial charge in [-0.05, 0) is 55.5 Å². The Bertz CT molecular complexity index is 1650. The predicted molar refractivity (Wildman–Crippen MR) is 189 cm³/mol. The van der Waals surface area contributed by atoms with Crippen LogP contribution in [-0.2, 0) is 25.6 Å². The molecule has 0 aliphatic carbocycles. The molecule has 1 aliphatic rings. The van der Waals surface area contributed by atoms with Gasteiger partial charge < -0.3 is 36.1 Å². The molecule has 12 heteroatoms. The summed E-state index contributed by atoms with van der Waals surface area (Å²) in [6.07, 6.45) is 0.207. The van der Waals surface area contributed by atoms with Gasteiger partial charge in [0, 0.05) is 13.0 Å². The standard InChI is InChI=1S/C38H47N5O7/c1-24(2)34-38(48)42-29(22-27-11-6-5-7-12-27)36(46)39-17-10-19-49-32-14-9-8-13-28(32)35(45)41-30(23-33(44)43-34)37(47)40-18-20-50-31-16-15-25(3)21-26(31)4/h5-9,11-16,21,24,29-30,34H,10,17-20,22-23H2,1-4H3,(H,39,46)(H,40,47)(H,41,45)(H,42,48)(H,43,44)/t29-,30-,34+/m0/s1. The van der Waals surface area contributed by atoms with Crippen LogP contribution in [0.2, 0.25) is 0 Å². The largest absolute Gasteiger partial charge is 0.493 e. The van der Waals surface area contributed by atoms with Crippen molar-refractivity contribution >= 4 is 29.5 Å². The molecule has 5 N–H and O–H groups in total. The lowest BCUT2D eigenvalue weighted by Gasteiger charge is -2.26. The topological polar surface area (TPSA) is 164 Å². The number of nitrogens with one attached hydrogen (secondary N) is 5. The van der Waals surface area contributed by atoms with E-state index in [1.165, 1.54) is 0 Å². The Morgan fingerprint density at radius 3 is 2.40 bits per heavy atom. The van der Waals surface area contributed by atoms with E-state index in [1.54, 1.807) is 38.1 Å².